The van der Waals surface area contributed by atoms with Gasteiger partial charge in [0.2, 0.25) is 0 Å². The Balaban J connectivity index is 3.61. The number of allylic oxidation sites excluding steroid dienone is 2. The molecule has 0 aromatic carbocycles. The number of rotatable bonds is 2. The maximum Gasteiger partial charge on any atom is 0.109 e. The first-order valence-electron chi connectivity index (χ1n) is 2.68. The second kappa shape index (κ2) is 4.07. The summed E-state index contributed by atoms with van der Waals surface area (Å²) in [6, 6.07) is 0. The Morgan fingerprint density at radius 3 is 2.50 bits per heavy atom. The largest absolute Gasteiger partial charge is 0.211 e. The lowest BCUT2D eigenvalue weighted by Gasteiger charge is -1.95. The molecule has 1 unspecified atom stereocenters. The second-order valence-corrected chi connectivity index (χ2v) is 2.99. The summed E-state index contributed by atoms with van der Waals surface area (Å²) in [5.41, 5.74) is 0. The highest BCUT2D eigenvalue weighted by Gasteiger charge is 1.99. The predicted octanol–water partition coefficient (Wildman–Crippen LogP) is 3.03. The topological polar surface area (TPSA) is 0 Å². The van der Waals surface area contributed by atoms with Gasteiger partial charge in [-0.15, -0.1) is 0 Å². The van der Waals surface area contributed by atoms with Gasteiger partial charge in [0, 0.05) is 0 Å². The smallest absolute Gasteiger partial charge is 0.109 e. The first kappa shape index (κ1) is 8.15. The highest BCUT2D eigenvalue weighted by Crippen LogP contribution is 2.12. The minimum absolute atomic E-state index is 0.0764. The highest BCUT2D eigenvalue weighted by molar-refractivity contribution is 9.09. The molecule has 0 aliphatic heterocycles. The van der Waals surface area contributed by atoms with E-state index in [1.807, 2.05) is 6.92 Å². The van der Waals surface area contributed by atoms with Gasteiger partial charge in [0.1, 0.15) is 5.83 Å². The lowest BCUT2D eigenvalue weighted by molar-refractivity contribution is 0.608. The molecular formula is C6H10BrF. The average molecular weight is 181 g/mol. The maximum absolute atomic E-state index is 12.3. The number of alkyl halides is 1. The molecule has 0 fully saturated rings. The van der Waals surface area contributed by atoms with Crippen molar-refractivity contribution in [2.24, 2.45) is 0 Å². The van der Waals surface area contributed by atoms with E-state index in [2.05, 4.69) is 15.9 Å². The van der Waals surface area contributed by atoms with E-state index < -0.39 is 0 Å². The summed E-state index contributed by atoms with van der Waals surface area (Å²) in [4.78, 5) is -0.123. The third-order valence-corrected chi connectivity index (χ3v) is 1.22. The van der Waals surface area contributed by atoms with Crippen LogP contribution in [0.25, 0.3) is 0 Å². The molecule has 0 aromatic heterocycles. The Morgan fingerprint density at radius 2 is 2.38 bits per heavy atom. The third kappa shape index (κ3) is 3.19. The third-order valence-electron chi connectivity index (χ3n) is 0.779. The van der Waals surface area contributed by atoms with Crippen molar-refractivity contribution in [3.8, 4) is 0 Å². The molecule has 0 saturated carbocycles. The van der Waals surface area contributed by atoms with Gasteiger partial charge in [-0.3, -0.25) is 0 Å². The first-order chi connectivity index (χ1) is 3.68. The molecule has 0 N–H and O–H groups in total. The van der Waals surface area contributed by atoms with E-state index in [0.29, 0.717) is 0 Å². The molecule has 0 bridgehead atoms. The van der Waals surface area contributed by atoms with Crippen LogP contribution in [0.4, 0.5) is 4.39 Å². The summed E-state index contributed by atoms with van der Waals surface area (Å²) in [6.07, 6.45) is 2.33. The van der Waals surface area contributed by atoms with Gasteiger partial charge in [0.05, 0.1) is 4.83 Å². The minimum atomic E-state index is -0.123. The van der Waals surface area contributed by atoms with Crippen LogP contribution in [0.1, 0.15) is 20.3 Å². The van der Waals surface area contributed by atoms with Crippen LogP contribution in [0.2, 0.25) is 0 Å². The lowest BCUT2D eigenvalue weighted by atomic mass is 10.3. The molecule has 1 atom stereocenters. The molecule has 0 aliphatic carbocycles. The van der Waals surface area contributed by atoms with Gasteiger partial charge in [-0.05, 0) is 13.3 Å². The van der Waals surface area contributed by atoms with Gasteiger partial charge in [-0.25, -0.2) is 4.39 Å². The summed E-state index contributed by atoms with van der Waals surface area (Å²) < 4.78 is 12.3. The molecule has 0 saturated heterocycles. The van der Waals surface area contributed by atoms with E-state index in [-0.39, 0.29) is 10.7 Å². The molecular weight excluding hydrogens is 171 g/mol. The van der Waals surface area contributed by atoms with Crippen LogP contribution < -0.4 is 0 Å². The normalized spacial score (nSPS) is 16.2. The van der Waals surface area contributed by atoms with Crippen LogP contribution in [0.5, 0.6) is 0 Å². The first-order valence-corrected chi connectivity index (χ1v) is 3.59. The van der Waals surface area contributed by atoms with Crippen molar-refractivity contribution < 1.29 is 4.39 Å². The molecule has 0 rings (SSSR count). The van der Waals surface area contributed by atoms with Crippen LogP contribution >= 0.6 is 15.9 Å². The zero-order valence-corrected chi connectivity index (χ0v) is 6.70. The van der Waals surface area contributed by atoms with Crippen LogP contribution in [-0.4, -0.2) is 4.83 Å². The fourth-order valence-corrected chi connectivity index (χ4v) is 0.544. The van der Waals surface area contributed by atoms with Crippen molar-refractivity contribution in [1.29, 1.82) is 0 Å². The van der Waals surface area contributed by atoms with E-state index in [1.165, 1.54) is 0 Å². The monoisotopic (exact) mass is 180 g/mol. The van der Waals surface area contributed by atoms with Crippen LogP contribution in [0.15, 0.2) is 11.9 Å². The predicted molar refractivity (Wildman–Crippen MR) is 37.9 cm³/mol. The minimum Gasteiger partial charge on any atom is -0.211 e. The van der Waals surface area contributed by atoms with Crippen molar-refractivity contribution in [2.45, 2.75) is 25.1 Å². The van der Waals surface area contributed by atoms with Crippen molar-refractivity contribution in [1.82, 2.24) is 0 Å². The molecule has 0 spiro atoms. The molecule has 8 heavy (non-hydrogen) atoms. The fraction of sp³-hybridized carbons (Fsp3) is 0.667. The standard InChI is InChI=1S/C6H10BrF/c1-3-4-6(8)5(2)7/h4-5H,3H2,1-2H3/b6-4+. The van der Waals surface area contributed by atoms with Gasteiger partial charge < -0.3 is 0 Å². The van der Waals surface area contributed by atoms with Gasteiger partial charge in [-0.1, -0.05) is 28.9 Å². The second-order valence-electron chi connectivity index (χ2n) is 1.61. The van der Waals surface area contributed by atoms with Gasteiger partial charge in [0.15, 0.2) is 0 Å². The Kier molecular flexibility index (Phi) is 4.15. The molecule has 48 valence electrons. The zero-order valence-electron chi connectivity index (χ0n) is 5.12. The van der Waals surface area contributed by atoms with Crippen LogP contribution in [0.3, 0.4) is 0 Å². The highest BCUT2D eigenvalue weighted by atomic mass is 79.9. The van der Waals surface area contributed by atoms with Crippen molar-refractivity contribution in [2.75, 3.05) is 0 Å². The summed E-state index contributed by atoms with van der Waals surface area (Å²) >= 11 is 3.10. The SMILES string of the molecule is CC/C=C(/F)C(C)Br. The Labute approximate surface area is 57.9 Å². The number of halogens is 2. The summed E-state index contributed by atoms with van der Waals surface area (Å²) in [5.74, 6) is -0.0764. The summed E-state index contributed by atoms with van der Waals surface area (Å²) in [7, 11) is 0. The Morgan fingerprint density at radius 1 is 1.88 bits per heavy atom. The molecule has 0 aliphatic rings. The van der Waals surface area contributed by atoms with E-state index in [4.69, 9.17) is 0 Å². The fourth-order valence-electron chi connectivity index (χ4n) is 0.357. The maximum atomic E-state index is 12.3. The number of hydrogen-bond donors (Lipinski definition) is 0. The molecule has 0 nitrogen and oxygen atoms in total. The number of hydrogen-bond acceptors (Lipinski definition) is 0. The Bertz CT molecular complexity index is 86.5. The van der Waals surface area contributed by atoms with Gasteiger partial charge >= 0.3 is 0 Å². The van der Waals surface area contributed by atoms with E-state index in [0.717, 1.165) is 6.42 Å². The summed E-state index contributed by atoms with van der Waals surface area (Å²) in [6.45, 7) is 3.68. The van der Waals surface area contributed by atoms with Crippen molar-refractivity contribution >= 4 is 15.9 Å². The molecule has 0 heterocycles. The Hall–Kier alpha value is 0.150. The average Bonchev–Trinajstić information content (AvgIpc) is 1.67. The van der Waals surface area contributed by atoms with Crippen molar-refractivity contribution in [3.63, 3.8) is 0 Å². The van der Waals surface area contributed by atoms with E-state index in [1.54, 1.807) is 13.0 Å². The zero-order chi connectivity index (χ0) is 6.57. The molecule has 2 heteroatoms. The van der Waals surface area contributed by atoms with E-state index >= 15 is 0 Å². The molecule has 0 aromatic rings. The lowest BCUT2D eigenvalue weighted by Crippen LogP contribution is -1.88. The van der Waals surface area contributed by atoms with Gasteiger partial charge in [0.25, 0.3) is 0 Å². The van der Waals surface area contributed by atoms with Crippen LogP contribution in [-0.2, 0) is 0 Å². The van der Waals surface area contributed by atoms with Crippen molar-refractivity contribution in [3.05, 3.63) is 11.9 Å². The van der Waals surface area contributed by atoms with Crippen LogP contribution in [0, 0.1) is 0 Å². The van der Waals surface area contributed by atoms with E-state index in [9.17, 15) is 4.39 Å². The van der Waals surface area contributed by atoms with Gasteiger partial charge in [-0.2, -0.15) is 0 Å². The molecule has 0 amide bonds. The summed E-state index contributed by atoms with van der Waals surface area (Å²) in [5, 5.41) is 0. The molecule has 0 radical (unpaired) electrons. The quantitative estimate of drug-likeness (QED) is 0.574.